The molecule has 0 heterocycles. The molecule has 0 aliphatic heterocycles. The molecular weight excluding hydrogens is 211 g/mol. The molecular formula is C10H10Zr. The molecule has 1 aromatic carbocycles. The Labute approximate surface area is 86.4 Å². The molecule has 0 N–H and O–H groups in total. The summed E-state index contributed by atoms with van der Waals surface area (Å²) in [5.41, 5.74) is 4.22. The molecule has 1 aliphatic rings. The van der Waals surface area contributed by atoms with Crippen molar-refractivity contribution < 1.29 is 26.2 Å². The van der Waals surface area contributed by atoms with Gasteiger partial charge < -0.3 is 0 Å². The van der Waals surface area contributed by atoms with Crippen LogP contribution in [0.2, 0.25) is 0 Å². The Morgan fingerprint density at radius 3 is 2.91 bits per heavy atom. The van der Waals surface area contributed by atoms with Gasteiger partial charge in [0.1, 0.15) is 0 Å². The van der Waals surface area contributed by atoms with Gasteiger partial charge >= 0.3 is 0 Å². The first-order chi connectivity index (χ1) is 4.86. The van der Waals surface area contributed by atoms with E-state index in [4.69, 9.17) is 0 Å². The van der Waals surface area contributed by atoms with Crippen LogP contribution in [-0.4, -0.2) is 0 Å². The molecule has 0 bridgehead atoms. The molecule has 0 atom stereocenters. The van der Waals surface area contributed by atoms with Gasteiger partial charge in [-0.1, -0.05) is 35.9 Å². The van der Waals surface area contributed by atoms with Crippen LogP contribution in [0.3, 0.4) is 0 Å². The summed E-state index contributed by atoms with van der Waals surface area (Å²) in [6.07, 6.45) is 5.53. The van der Waals surface area contributed by atoms with E-state index in [1.807, 2.05) is 0 Å². The van der Waals surface area contributed by atoms with Crippen LogP contribution in [0.1, 0.15) is 16.7 Å². The zero-order valence-corrected chi connectivity index (χ0v) is 9.05. The van der Waals surface area contributed by atoms with Crippen LogP contribution in [0, 0.1) is 6.92 Å². The van der Waals surface area contributed by atoms with E-state index in [9.17, 15) is 0 Å². The second-order valence-electron chi connectivity index (χ2n) is 2.81. The SMILES string of the molecule is Cc1ccc2c(c1)C=CC2.[Zr]. The second-order valence-corrected chi connectivity index (χ2v) is 2.81. The third-order valence-corrected chi connectivity index (χ3v) is 1.94. The van der Waals surface area contributed by atoms with E-state index in [2.05, 4.69) is 37.3 Å². The monoisotopic (exact) mass is 220 g/mol. The molecule has 0 aromatic heterocycles. The smallest absolute Gasteiger partial charge is 0 e. The van der Waals surface area contributed by atoms with Gasteiger partial charge in [-0.3, -0.25) is 0 Å². The Balaban J connectivity index is 0.000000605. The van der Waals surface area contributed by atoms with E-state index in [1.54, 1.807) is 0 Å². The molecule has 0 unspecified atom stereocenters. The number of rotatable bonds is 0. The largest absolute Gasteiger partial charge is 0.0795 e. The van der Waals surface area contributed by atoms with E-state index in [0.717, 1.165) is 6.42 Å². The average Bonchev–Trinajstić information content (AvgIpc) is 2.33. The topological polar surface area (TPSA) is 0 Å². The first-order valence-electron chi connectivity index (χ1n) is 3.62. The van der Waals surface area contributed by atoms with Crippen molar-refractivity contribution in [1.82, 2.24) is 0 Å². The van der Waals surface area contributed by atoms with E-state index < -0.39 is 0 Å². The minimum atomic E-state index is 0. The van der Waals surface area contributed by atoms with Gasteiger partial charge in [0.15, 0.2) is 0 Å². The molecule has 0 saturated carbocycles. The normalized spacial score (nSPS) is 12.5. The summed E-state index contributed by atoms with van der Waals surface area (Å²) >= 11 is 0. The summed E-state index contributed by atoms with van der Waals surface area (Å²) in [6, 6.07) is 6.62. The van der Waals surface area contributed by atoms with Crippen LogP contribution in [0.15, 0.2) is 24.3 Å². The fraction of sp³-hybridized carbons (Fsp3) is 0.200. The van der Waals surface area contributed by atoms with Gasteiger partial charge in [-0.2, -0.15) is 0 Å². The minimum Gasteiger partial charge on any atom is -0.0795 e. The Morgan fingerprint density at radius 1 is 1.27 bits per heavy atom. The summed E-state index contributed by atoms with van der Waals surface area (Å²) in [5, 5.41) is 0. The summed E-state index contributed by atoms with van der Waals surface area (Å²) in [4.78, 5) is 0. The summed E-state index contributed by atoms with van der Waals surface area (Å²) in [6.45, 7) is 2.13. The molecule has 0 fully saturated rings. The van der Waals surface area contributed by atoms with Gasteiger partial charge in [-0.05, 0) is 24.5 Å². The fourth-order valence-electron chi connectivity index (χ4n) is 1.37. The molecule has 1 heteroatoms. The number of hydrogen-bond acceptors (Lipinski definition) is 0. The third kappa shape index (κ3) is 1.71. The summed E-state index contributed by atoms with van der Waals surface area (Å²) < 4.78 is 0. The molecule has 0 saturated heterocycles. The van der Waals surface area contributed by atoms with Crippen LogP contribution in [0.25, 0.3) is 6.08 Å². The van der Waals surface area contributed by atoms with E-state index in [-0.39, 0.29) is 26.2 Å². The molecule has 11 heavy (non-hydrogen) atoms. The van der Waals surface area contributed by atoms with Crippen molar-refractivity contribution in [2.45, 2.75) is 13.3 Å². The average molecular weight is 221 g/mol. The molecule has 54 valence electrons. The number of allylic oxidation sites excluding steroid dienone is 1. The summed E-state index contributed by atoms with van der Waals surface area (Å²) in [7, 11) is 0. The van der Waals surface area contributed by atoms with Crippen molar-refractivity contribution in [2.75, 3.05) is 0 Å². The van der Waals surface area contributed by atoms with Crippen LogP contribution < -0.4 is 0 Å². The van der Waals surface area contributed by atoms with E-state index >= 15 is 0 Å². The summed E-state index contributed by atoms with van der Waals surface area (Å²) in [5.74, 6) is 0. The second kappa shape index (κ2) is 3.49. The third-order valence-electron chi connectivity index (χ3n) is 1.94. The molecule has 2 rings (SSSR count). The Hall–Kier alpha value is -0.157. The van der Waals surface area contributed by atoms with Gasteiger partial charge in [0, 0.05) is 26.2 Å². The Bertz CT molecular complexity index is 287. The van der Waals surface area contributed by atoms with Crippen molar-refractivity contribution in [1.29, 1.82) is 0 Å². The van der Waals surface area contributed by atoms with Crippen LogP contribution in [0.5, 0.6) is 0 Å². The minimum absolute atomic E-state index is 0. The first-order valence-corrected chi connectivity index (χ1v) is 3.62. The van der Waals surface area contributed by atoms with Gasteiger partial charge in [0.2, 0.25) is 0 Å². The number of aryl methyl sites for hydroxylation is 1. The van der Waals surface area contributed by atoms with Crippen molar-refractivity contribution in [3.8, 4) is 0 Å². The predicted octanol–water partition coefficient (Wildman–Crippen LogP) is 2.56. The number of hydrogen-bond donors (Lipinski definition) is 0. The van der Waals surface area contributed by atoms with Crippen LogP contribution in [0.4, 0.5) is 0 Å². The molecule has 0 spiro atoms. The number of fused-ring (bicyclic) bond motifs is 1. The quantitative estimate of drug-likeness (QED) is 0.632. The van der Waals surface area contributed by atoms with Crippen LogP contribution >= 0.6 is 0 Å². The molecule has 0 radical (unpaired) electrons. The van der Waals surface area contributed by atoms with Gasteiger partial charge in [0.05, 0.1) is 0 Å². The zero-order chi connectivity index (χ0) is 6.97. The molecule has 1 aliphatic carbocycles. The van der Waals surface area contributed by atoms with Crippen molar-refractivity contribution in [3.63, 3.8) is 0 Å². The molecule has 1 aromatic rings. The Morgan fingerprint density at radius 2 is 2.09 bits per heavy atom. The molecule has 0 nitrogen and oxygen atoms in total. The van der Waals surface area contributed by atoms with Gasteiger partial charge in [-0.15, -0.1) is 0 Å². The fourth-order valence-corrected chi connectivity index (χ4v) is 1.37. The van der Waals surface area contributed by atoms with E-state index in [1.165, 1.54) is 16.7 Å². The van der Waals surface area contributed by atoms with Crippen LogP contribution in [-0.2, 0) is 32.6 Å². The Kier molecular flexibility index (Phi) is 2.84. The first kappa shape index (κ1) is 8.94. The maximum Gasteiger partial charge on any atom is 0 e. The predicted molar refractivity (Wildman–Crippen MR) is 43.9 cm³/mol. The van der Waals surface area contributed by atoms with Crippen molar-refractivity contribution >= 4 is 6.08 Å². The van der Waals surface area contributed by atoms with Crippen molar-refractivity contribution in [3.05, 3.63) is 41.0 Å². The number of benzene rings is 1. The maximum absolute atomic E-state index is 2.23. The van der Waals surface area contributed by atoms with E-state index in [0.29, 0.717) is 0 Å². The zero-order valence-electron chi connectivity index (χ0n) is 6.59. The maximum atomic E-state index is 2.23. The van der Waals surface area contributed by atoms with Gasteiger partial charge in [0.25, 0.3) is 0 Å². The standard InChI is InChI=1S/C10H10.Zr/c1-8-5-6-9-3-2-4-10(9)7-8;/h2,4-7H,3H2,1H3;. The molecule has 0 amide bonds. The van der Waals surface area contributed by atoms with Crippen molar-refractivity contribution in [2.24, 2.45) is 0 Å². The van der Waals surface area contributed by atoms with Gasteiger partial charge in [-0.25, -0.2) is 0 Å².